The van der Waals surface area contributed by atoms with Gasteiger partial charge in [-0.3, -0.25) is 4.79 Å². The lowest BCUT2D eigenvalue weighted by Gasteiger charge is -2.13. The molecule has 1 aliphatic rings. The summed E-state index contributed by atoms with van der Waals surface area (Å²) >= 11 is 0. The van der Waals surface area contributed by atoms with Crippen LogP contribution in [0.4, 0.5) is 5.69 Å². The Balaban J connectivity index is 1.40. The molecule has 0 fully saturated rings. The number of carbonyl (C=O) groups is 1. The van der Waals surface area contributed by atoms with E-state index in [1.807, 2.05) is 60.7 Å². The summed E-state index contributed by atoms with van der Waals surface area (Å²) in [4.78, 5) is 12.5. The zero-order chi connectivity index (χ0) is 20.2. The summed E-state index contributed by atoms with van der Waals surface area (Å²) in [6.07, 6.45) is 0.0533. The molecule has 1 aliphatic heterocycles. The number of fused-ring (bicyclic) bond motifs is 1. The van der Waals surface area contributed by atoms with Gasteiger partial charge in [-0.05, 0) is 46.3 Å². The Morgan fingerprint density at radius 3 is 2.62 bits per heavy atom. The number of aryl methyl sites for hydroxylation is 1. The van der Waals surface area contributed by atoms with E-state index >= 15 is 0 Å². The van der Waals surface area contributed by atoms with Crippen molar-refractivity contribution in [2.45, 2.75) is 25.6 Å². The van der Waals surface area contributed by atoms with E-state index in [2.05, 4.69) is 5.32 Å². The van der Waals surface area contributed by atoms with Crippen LogP contribution in [0.5, 0.6) is 0 Å². The molecule has 0 aromatic heterocycles. The van der Waals surface area contributed by atoms with Crippen LogP contribution < -0.4 is 10.8 Å². The normalized spacial score (nSPS) is 13.8. The average molecular weight is 387 g/mol. The van der Waals surface area contributed by atoms with Crippen molar-refractivity contribution in [1.82, 2.24) is 0 Å². The van der Waals surface area contributed by atoms with E-state index in [0.29, 0.717) is 18.7 Å². The molecule has 1 amide bonds. The van der Waals surface area contributed by atoms with Crippen LogP contribution in [0.2, 0.25) is 0 Å². The Labute approximate surface area is 170 Å². The smallest absolute Gasteiger partial charge is 0.423 e. The number of amides is 1. The molecule has 3 aromatic rings. The minimum Gasteiger partial charge on any atom is -0.423 e. The third-order valence-electron chi connectivity index (χ3n) is 5.15. The third kappa shape index (κ3) is 4.40. The molecule has 0 saturated carbocycles. The predicted octanol–water partition coefficient (Wildman–Crippen LogP) is 2.56. The standard InChI is InChI=1S/C23H22BNO4/c26-21(13-12-16-8-4-10-19-15-29-24(28)22(16)19)25-20-11-5-9-18(14-20)23(27)17-6-2-1-3-7-17/h1-11,14,23,27-28H,12-13,15H2,(H,25,26). The molecule has 29 heavy (non-hydrogen) atoms. The largest absolute Gasteiger partial charge is 0.492 e. The molecule has 0 spiro atoms. The minimum atomic E-state index is -0.916. The fraction of sp³-hybridized carbons (Fsp3) is 0.174. The van der Waals surface area contributed by atoms with Gasteiger partial charge >= 0.3 is 7.12 Å². The molecule has 6 heteroatoms. The monoisotopic (exact) mass is 387 g/mol. The van der Waals surface area contributed by atoms with Crippen LogP contribution in [-0.2, 0) is 22.5 Å². The number of carbonyl (C=O) groups excluding carboxylic acids is 1. The van der Waals surface area contributed by atoms with Gasteiger partial charge < -0.3 is 20.1 Å². The van der Waals surface area contributed by atoms with E-state index in [4.69, 9.17) is 4.65 Å². The lowest BCUT2D eigenvalue weighted by molar-refractivity contribution is -0.116. The van der Waals surface area contributed by atoms with E-state index in [9.17, 15) is 14.9 Å². The maximum absolute atomic E-state index is 12.5. The molecule has 1 atom stereocenters. The first kappa shape index (κ1) is 19.4. The fourth-order valence-electron chi connectivity index (χ4n) is 3.67. The second-order valence-electron chi connectivity index (χ2n) is 7.14. The third-order valence-corrected chi connectivity index (χ3v) is 5.15. The van der Waals surface area contributed by atoms with Gasteiger partial charge in [0.1, 0.15) is 6.10 Å². The van der Waals surface area contributed by atoms with Gasteiger partial charge in [0.25, 0.3) is 0 Å². The lowest BCUT2D eigenvalue weighted by atomic mass is 9.75. The van der Waals surface area contributed by atoms with Crippen molar-refractivity contribution in [3.05, 3.63) is 95.1 Å². The maximum Gasteiger partial charge on any atom is 0.492 e. The second-order valence-corrected chi connectivity index (χ2v) is 7.14. The Bertz CT molecular complexity index is 1010. The van der Waals surface area contributed by atoms with Gasteiger partial charge in [-0.25, -0.2) is 0 Å². The summed E-state index contributed by atoms with van der Waals surface area (Å²) < 4.78 is 5.27. The lowest BCUT2D eigenvalue weighted by Crippen LogP contribution is -2.31. The zero-order valence-electron chi connectivity index (χ0n) is 15.9. The summed E-state index contributed by atoms with van der Waals surface area (Å²) in [6.45, 7) is 0.396. The van der Waals surface area contributed by atoms with E-state index < -0.39 is 13.2 Å². The molecule has 0 saturated heterocycles. The van der Waals surface area contributed by atoms with Crippen LogP contribution in [0.1, 0.15) is 34.8 Å². The highest BCUT2D eigenvalue weighted by atomic mass is 16.5. The number of benzene rings is 3. The van der Waals surface area contributed by atoms with Crippen molar-refractivity contribution in [3.63, 3.8) is 0 Å². The van der Waals surface area contributed by atoms with Crippen LogP contribution in [0.3, 0.4) is 0 Å². The van der Waals surface area contributed by atoms with Crippen molar-refractivity contribution < 1.29 is 19.6 Å². The van der Waals surface area contributed by atoms with Crippen molar-refractivity contribution in [3.8, 4) is 0 Å². The van der Waals surface area contributed by atoms with Crippen LogP contribution in [0.25, 0.3) is 0 Å². The first-order chi connectivity index (χ1) is 14.1. The minimum absolute atomic E-state index is 0.123. The van der Waals surface area contributed by atoms with Gasteiger partial charge in [0.15, 0.2) is 0 Å². The quantitative estimate of drug-likeness (QED) is 0.568. The fourth-order valence-corrected chi connectivity index (χ4v) is 3.67. The highest BCUT2D eigenvalue weighted by molar-refractivity contribution is 6.62. The summed E-state index contributed by atoms with van der Waals surface area (Å²) in [5, 5.41) is 23.5. The number of hydrogen-bond acceptors (Lipinski definition) is 4. The van der Waals surface area contributed by atoms with Gasteiger partial charge in [0.05, 0.1) is 6.61 Å². The van der Waals surface area contributed by atoms with Crippen LogP contribution in [-0.4, -0.2) is 23.2 Å². The van der Waals surface area contributed by atoms with Crippen LogP contribution in [0, 0.1) is 0 Å². The molecule has 5 nitrogen and oxygen atoms in total. The molecule has 0 aliphatic carbocycles. The first-order valence-corrected chi connectivity index (χ1v) is 9.65. The molecule has 4 rings (SSSR count). The van der Waals surface area contributed by atoms with Gasteiger partial charge in [0, 0.05) is 12.1 Å². The Kier molecular flexibility index (Phi) is 5.76. The molecule has 1 heterocycles. The van der Waals surface area contributed by atoms with Crippen LogP contribution >= 0.6 is 0 Å². The highest BCUT2D eigenvalue weighted by Crippen LogP contribution is 2.24. The number of hydrogen-bond donors (Lipinski definition) is 3. The van der Waals surface area contributed by atoms with Crippen molar-refractivity contribution >= 4 is 24.2 Å². The predicted molar refractivity (Wildman–Crippen MR) is 113 cm³/mol. The van der Waals surface area contributed by atoms with Gasteiger partial charge in [-0.15, -0.1) is 0 Å². The topological polar surface area (TPSA) is 78.8 Å². The number of aliphatic hydroxyl groups excluding tert-OH is 1. The maximum atomic E-state index is 12.5. The van der Waals surface area contributed by atoms with Gasteiger partial charge in [-0.1, -0.05) is 60.7 Å². The van der Waals surface area contributed by atoms with E-state index in [0.717, 1.165) is 27.7 Å². The Morgan fingerprint density at radius 1 is 1.03 bits per heavy atom. The van der Waals surface area contributed by atoms with Gasteiger partial charge in [0.2, 0.25) is 5.91 Å². The first-order valence-electron chi connectivity index (χ1n) is 9.65. The SMILES string of the molecule is O=C(CCc1cccc2c1B(O)OC2)Nc1cccc(C(O)c2ccccc2)c1. The molecule has 1 unspecified atom stereocenters. The summed E-state index contributed by atoms with van der Waals surface area (Å²) in [7, 11) is -0.916. The van der Waals surface area contributed by atoms with Crippen molar-refractivity contribution in [1.29, 1.82) is 0 Å². The number of rotatable bonds is 6. The molecule has 3 aromatic carbocycles. The molecule has 0 bridgehead atoms. The van der Waals surface area contributed by atoms with E-state index in [-0.39, 0.29) is 12.3 Å². The Hall–Kier alpha value is -2.93. The van der Waals surface area contributed by atoms with Crippen LogP contribution in [0.15, 0.2) is 72.8 Å². The molecule has 3 N–H and O–H groups in total. The average Bonchev–Trinajstić information content (AvgIpc) is 3.14. The number of aliphatic hydroxyl groups is 1. The van der Waals surface area contributed by atoms with Crippen molar-refractivity contribution in [2.75, 3.05) is 5.32 Å². The molecule has 0 radical (unpaired) electrons. The summed E-state index contributed by atoms with van der Waals surface area (Å²) in [6, 6.07) is 22.4. The number of anilines is 1. The number of nitrogens with one attached hydrogen (secondary N) is 1. The Morgan fingerprint density at radius 2 is 1.79 bits per heavy atom. The van der Waals surface area contributed by atoms with Gasteiger partial charge in [-0.2, -0.15) is 0 Å². The van der Waals surface area contributed by atoms with E-state index in [1.165, 1.54) is 0 Å². The molecule has 146 valence electrons. The molecular formula is C23H22BNO4. The summed E-state index contributed by atoms with van der Waals surface area (Å²) in [5.41, 5.74) is 4.84. The zero-order valence-corrected chi connectivity index (χ0v) is 15.9. The highest BCUT2D eigenvalue weighted by Gasteiger charge is 2.29. The molecular weight excluding hydrogens is 365 g/mol. The van der Waals surface area contributed by atoms with E-state index in [1.54, 1.807) is 12.1 Å². The second kappa shape index (κ2) is 8.61. The summed E-state index contributed by atoms with van der Waals surface area (Å²) in [5.74, 6) is -0.123. The van der Waals surface area contributed by atoms with Crippen molar-refractivity contribution in [2.24, 2.45) is 0 Å².